The number of nitrogens with zero attached hydrogens (tertiary/aromatic N) is 1. The summed E-state index contributed by atoms with van der Waals surface area (Å²) >= 11 is 6.27. The van der Waals surface area contributed by atoms with Crippen LogP contribution in [0.15, 0.2) is 48.8 Å². The molecule has 3 aliphatic rings. The molecule has 0 saturated carbocycles. The van der Waals surface area contributed by atoms with Gasteiger partial charge in [-0.1, -0.05) is 29.8 Å². The van der Waals surface area contributed by atoms with Crippen molar-refractivity contribution < 1.29 is 23.7 Å². The molecule has 0 radical (unpaired) electrons. The summed E-state index contributed by atoms with van der Waals surface area (Å²) in [5, 5.41) is 7.04. The van der Waals surface area contributed by atoms with Gasteiger partial charge in [0.05, 0.1) is 19.3 Å². The topological polar surface area (TPSA) is 94.2 Å². The fraction of sp³-hybridized carbons (Fsp3) is 0.478. The molecule has 2 aromatic rings. The van der Waals surface area contributed by atoms with Crippen molar-refractivity contribution in [3.63, 3.8) is 0 Å². The van der Waals surface area contributed by atoms with Crippen molar-refractivity contribution in [2.24, 2.45) is 0 Å². The van der Waals surface area contributed by atoms with E-state index < -0.39 is 11.4 Å². The number of fused-ring (bicyclic) bond motifs is 1. The molecule has 0 aliphatic carbocycles. The van der Waals surface area contributed by atoms with Gasteiger partial charge in [0.25, 0.3) is 5.91 Å². The van der Waals surface area contributed by atoms with Gasteiger partial charge in [-0.3, -0.25) is 15.1 Å². The molecule has 8 nitrogen and oxygen atoms in total. The van der Waals surface area contributed by atoms with Crippen molar-refractivity contribution in [3.05, 3.63) is 64.9 Å². The first-order chi connectivity index (χ1) is 15.4. The van der Waals surface area contributed by atoms with E-state index in [9.17, 15) is 4.79 Å². The summed E-state index contributed by atoms with van der Waals surface area (Å²) in [6, 6.07) is 11.0. The molecule has 170 valence electrons. The largest absolute Gasteiger partial charge is 0.371 e. The van der Waals surface area contributed by atoms with Gasteiger partial charge in [-0.25, -0.2) is 0 Å². The van der Waals surface area contributed by atoms with Gasteiger partial charge in [0, 0.05) is 35.1 Å². The molecule has 9 heteroatoms. The van der Waals surface area contributed by atoms with Crippen LogP contribution < -0.4 is 10.6 Å². The zero-order valence-electron chi connectivity index (χ0n) is 17.9. The standard InChI is InChI=1S/C23H26ClN3O5/c1-22(2)31-19-17(11-26-21-18(30-21)15-5-3-4-6-16(15)24)29-13-23(19,32-22)12-27-20(28)14-7-9-25-10-8-14/h3-10,17-19,21,26H,11-13H2,1-2H3,(H,27,28)/t17-,18?,19-,21?,23+/m1/s1. The van der Waals surface area contributed by atoms with Crippen LogP contribution in [0.1, 0.15) is 35.9 Å². The van der Waals surface area contributed by atoms with Crippen LogP contribution in [0.5, 0.6) is 0 Å². The molecule has 1 aromatic heterocycles. The number of carbonyl (C=O) groups excluding carboxylic acids is 1. The van der Waals surface area contributed by atoms with E-state index in [1.54, 1.807) is 24.5 Å². The van der Waals surface area contributed by atoms with Gasteiger partial charge in [0.2, 0.25) is 0 Å². The molecule has 3 saturated heterocycles. The van der Waals surface area contributed by atoms with Gasteiger partial charge in [-0.2, -0.15) is 0 Å². The maximum atomic E-state index is 12.5. The number of carbonyl (C=O) groups is 1. The smallest absolute Gasteiger partial charge is 0.251 e. The third-order valence-corrected chi connectivity index (χ3v) is 6.32. The number of hydrogen-bond acceptors (Lipinski definition) is 7. The molecule has 4 heterocycles. The number of rotatable bonds is 7. The minimum absolute atomic E-state index is 0.0771. The SMILES string of the molecule is CC1(C)O[C@@H]2[C@@H](CNC3OC3c3ccccc3Cl)OC[C@]2(CNC(=O)c2ccncc2)O1. The van der Waals surface area contributed by atoms with Gasteiger partial charge in [-0.05, 0) is 32.0 Å². The lowest BCUT2D eigenvalue weighted by molar-refractivity contribution is -0.188. The third-order valence-electron chi connectivity index (χ3n) is 5.97. The van der Waals surface area contributed by atoms with Crippen LogP contribution >= 0.6 is 11.6 Å². The summed E-state index contributed by atoms with van der Waals surface area (Å²) in [6.07, 6.45) is 2.39. The first-order valence-corrected chi connectivity index (χ1v) is 11.1. The normalized spacial score (nSPS) is 32.5. The third kappa shape index (κ3) is 4.26. The summed E-state index contributed by atoms with van der Waals surface area (Å²) in [5.74, 6) is -0.964. The van der Waals surface area contributed by atoms with E-state index in [0.29, 0.717) is 23.7 Å². The molecule has 5 atom stereocenters. The zero-order chi connectivity index (χ0) is 22.3. The molecule has 32 heavy (non-hydrogen) atoms. The molecule has 1 amide bonds. The van der Waals surface area contributed by atoms with E-state index in [-0.39, 0.29) is 37.0 Å². The minimum atomic E-state index is -0.774. The van der Waals surface area contributed by atoms with Crippen molar-refractivity contribution in [3.8, 4) is 0 Å². The van der Waals surface area contributed by atoms with Gasteiger partial charge >= 0.3 is 0 Å². The van der Waals surface area contributed by atoms with E-state index in [0.717, 1.165) is 5.56 Å². The van der Waals surface area contributed by atoms with Crippen LogP contribution in [0.4, 0.5) is 0 Å². The predicted molar refractivity (Wildman–Crippen MR) is 116 cm³/mol. The van der Waals surface area contributed by atoms with Crippen LogP contribution in [0.25, 0.3) is 0 Å². The van der Waals surface area contributed by atoms with Gasteiger partial charge < -0.3 is 24.3 Å². The molecular weight excluding hydrogens is 434 g/mol. The second-order valence-electron chi connectivity index (χ2n) is 8.78. The van der Waals surface area contributed by atoms with Crippen LogP contribution in [0.3, 0.4) is 0 Å². The molecule has 1 aromatic carbocycles. The van der Waals surface area contributed by atoms with Gasteiger partial charge in [-0.15, -0.1) is 0 Å². The average Bonchev–Trinajstić information content (AvgIpc) is 3.40. The lowest BCUT2D eigenvalue weighted by Gasteiger charge is -2.27. The van der Waals surface area contributed by atoms with Gasteiger partial charge in [0.1, 0.15) is 24.0 Å². The summed E-state index contributed by atoms with van der Waals surface area (Å²) in [4.78, 5) is 16.5. The summed E-state index contributed by atoms with van der Waals surface area (Å²) in [6.45, 7) is 4.87. The molecule has 2 N–H and O–H groups in total. The predicted octanol–water partition coefficient (Wildman–Crippen LogP) is 2.44. The summed E-state index contributed by atoms with van der Waals surface area (Å²) in [5.41, 5.74) is 0.749. The molecule has 5 rings (SSSR count). The first-order valence-electron chi connectivity index (χ1n) is 10.7. The Hall–Kier alpha value is -2.07. The number of halogens is 1. The van der Waals surface area contributed by atoms with E-state index in [1.165, 1.54) is 0 Å². The maximum absolute atomic E-state index is 12.5. The number of pyridine rings is 1. The van der Waals surface area contributed by atoms with Crippen molar-refractivity contribution in [2.75, 3.05) is 19.7 Å². The maximum Gasteiger partial charge on any atom is 0.251 e. The Morgan fingerprint density at radius 2 is 2.00 bits per heavy atom. The Morgan fingerprint density at radius 3 is 2.78 bits per heavy atom. The minimum Gasteiger partial charge on any atom is -0.371 e. The van der Waals surface area contributed by atoms with Crippen LogP contribution in [0.2, 0.25) is 5.02 Å². The highest BCUT2D eigenvalue weighted by Crippen LogP contribution is 2.44. The second kappa shape index (κ2) is 8.37. The lowest BCUT2D eigenvalue weighted by Crippen LogP contribution is -2.52. The Bertz CT molecular complexity index is 991. The highest BCUT2D eigenvalue weighted by atomic mass is 35.5. The van der Waals surface area contributed by atoms with E-state index in [2.05, 4.69) is 15.6 Å². The molecule has 0 bridgehead atoms. The van der Waals surface area contributed by atoms with Crippen LogP contribution in [0, 0.1) is 0 Å². The van der Waals surface area contributed by atoms with Crippen molar-refractivity contribution >= 4 is 17.5 Å². The fourth-order valence-corrected chi connectivity index (χ4v) is 4.72. The molecule has 3 aliphatic heterocycles. The number of epoxide rings is 1. The van der Waals surface area contributed by atoms with Crippen molar-refractivity contribution in [1.29, 1.82) is 0 Å². The summed E-state index contributed by atoms with van der Waals surface area (Å²) < 4.78 is 24.3. The molecule has 3 fully saturated rings. The van der Waals surface area contributed by atoms with Crippen LogP contribution in [-0.2, 0) is 18.9 Å². The quantitative estimate of drug-likeness (QED) is 0.614. The van der Waals surface area contributed by atoms with Crippen molar-refractivity contribution in [2.45, 2.75) is 49.8 Å². The average molecular weight is 460 g/mol. The number of amides is 1. The Kier molecular flexibility index (Phi) is 5.69. The van der Waals surface area contributed by atoms with Crippen molar-refractivity contribution in [1.82, 2.24) is 15.6 Å². The molecule has 2 unspecified atom stereocenters. The highest BCUT2D eigenvalue weighted by Gasteiger charge is 2.61. The molecular formula is C23H26ClN3O5. The number of ether oxygens (including phenoxy) is 4. The van der Waals surface area contributed by atoms with E-state index in [4.69, 9.17) is 30.5 Å². The van der Waals surface area contributed by atoms with E-state index in [1.807, 2.05) is 38.1 Å². The monoisotopic (exact) mass is 459 g/mol. The Balaban J connectivity index is 1.20. The second-order valence-corrected chi connectivity index (χ2v) is 9.19. The van der Waals surface area contributed by atoms with E-state index >= 15 is 0 Å². The number of aromatic nitrogens is 1. The summed E-state index contributed by atoms with van der Waals surface area (Å²) in [7, 11) is 0. The number of hydrogen-bond donors (Lipinski definition) is 2. The lowest BCUT2D eigenvalue weighted by atomic mass is 9.96. The Labute approximate surface area is 191 Å². The van der Waals surface area contributed by atoms with Crippen LogP contribution in [-0.4, -0.2) is 60.4 Å². The highest BCUT2D eigenvalue weighted by molar-refractivity contribution is 6.31. The number of benzene rings is 1. The zero-order valence-corrected chi connectivity index (χ0v) is 18.7. The fourth-order valence-electron chi connectivity index (χ4n) is 4.48. The molecule has 0 spiro atoms. The van der Waals surface area contributed by atoms with Gasteiger partial charge in [0.15, 0.2) is 5.79 Å². The Morgan fingerprint density at radius 1 is 1.22 bits per heavy atom. The number of nitrogens with one attached hydrogen (secondary N) is 2. The first kappa shape index (κ1) is 21.8.